The minimum absolute atomic E-state index is 0.417. The van der Waals surface area contributed by atoms with Crippen LogP contribution >= 0.6 is 11.6 Å². The number of imide groups is 1. The van der Waals surface area contributed by atoms with E-state index in [1.54, 1.807) is 24.3 Å². The highest BCUT2D eigenvalue weighted by molar-refractivity contribution is 7.88. The fraction of sp³-hybridized carbons (Fsp3) is 0.333. The summed E-state index contributed by atoms with van der Waals surface area (Å²) < 4.78 is 23.6. The first-order valence-electron chi connectivity index (χ1n) is 5.98. The lowest BCUT2D eigenvalue weighted by atomic mass is 10.3. The van der Waals surface area contributed by atoms with Crippen molar-refractivity contribution >= 4 is 39.4 Å². The number of rotatable bonds is 3. The number of benzene rings is 1. The van der Waals surface area contributed by atoms with Gasteiger partial charge >= 0.3 is 12.1 Å². The SMILES string of the molecule is CC(C)N(C(=O)NC(=O)Nc1ccc(Cl)cc1)S(C)(=O)=O. The number of halogens is 1. The predicted molar refractivity (Wildman–Crippen MR) is 80.8 cm³/mol. The van der Waals surface area contributed by atoms with Crippen LogP contribution in [-0.4, -0.2) is 37.1 Å². The number of hydrogen-bond acceptors (Lipinski definition) is 4. The molecule has 0 heterocycles. The predicted octanol–water partition coefficient (Wildman–Crippen LogP) is 2.25. The summed E-state index contributed by atoms with van der Waals surface area (Å²) in [6.45, 7) is 3.05. The van der Waals surface area contributed by atoms with E-state index in [2.05, 4.69) is 5.32 Å². The number of sulfonamides is 1. The second-order valence-electron chi connectivity index (χ2n) is 4.54. The van der Waals surface area contributed by atoms with E-state index in [1.165, 1.54) is 13.8 Å². The van der Waals surface area contributed by atoms with Crippen LogP contribution in [0, 0.1) is 0 Å². The summed E-state index contributed by atoms with van der Waals surface area (Å²) in [6, 6.07) is 3.76. The molecule has 0 fully saturated rings. The lowest BCUT2D eigenvalue weighted by Gasteiger charge is -2.23. The molecule has 21 heavy (non-hydrogen) atoms. The van der Waals surface area contributed by atoms with E-state index in [9.17, 15) is 18.0 Å². The maximum Gasteiger partial charge on any atom is 0.339 e. The molecule has 0 saturated heterocycles. The van der Waals surface area contributed by atoms with E-state index in [4.69, 9.17) is 11.6 Å². The molecule has 0 atom stereocenters. The minimum atomic E-state index is -3.76. The van der Waals surface area contributed by atoms with Gasteiger partial charge in [-0.3, -0.25) is 5.32 Å². The van der Waals surface area contributed by atoms with Crippen LogP contribution in [0.25, 0.3) is 0 Å². The fourth-order valence-corrected chi connectivity index (χ4v) is 2.85. The average molecular weight is 334 g/mol. The zero-order valence-corrected chi connectivity index (χ0v) is 13.3. The molecule has 0 aliphatic heterocycles. The van der Waals surface area contributed by atoms with E-state index in [-0.39, 0.29) is 0 Å². The third-order valence-electron chi connectivity index (χ3n) is 2.35. The summed E-state index contributed by atoms with van der Waals surface area (Å²) in [6.07, 6.45) is 0.893. The van der Waals surface area contributed by atoms with Crippen LogP contribution in [0.5, 0.6) is 0 Å². The molecular weight excluding hydrogens is 318 g/mol. The average Bonchev–Trinajstić information content (AvgIpc) is 2.29. The lowest BCUT2D eigenvalue weighted by molar-refractivity contribution is 0.213. The third kappa shape index (κ3) is 5.24. The van der Waals surface area contributed by atoms with E-state index in [0.717, 1.165) is 6.26 Å². The van der Waals surface area contributed by atoms with Crippen molar-refractivity contribution in [2.24, 2.45) is 0 Å². The van der Waals surface area contributed by atoms with Crippen molar-refractivity contribution in [1.29, 1.82) is 0 Å². The molecule has 116 valence electrons. The topological polar surface area (TPSA) is 95.6 Å². The summed E-state index contributed by atoms with van der Waals surface area (Å²) in [5.74, 6) is 0. The maximum absolute atomic E-state index is 11.8. The van der Waals surface area contributed by atoms with Crippen LogP contribution in [0.1, 0.15) is 13.8 Å². The molecule has 0 saturated carbocycles. The Labute approximate surface area is 128 Å². The van der Waals surface area contributed by atoms with E-state index in [0.29, 0.717) is 15.0 Å². The maximum atomic E-state index is 11.8. The number of hydrogen-bond donors (Lipinski definition) is 2. The second-order valence-corrected chi connectivity index (χ2v) is 6.84. The molecule has 4 amide bonds. The molecule has 9 heteroatoms. The van der Waals surface area contributed by atoms with Crippen LogP contribution in [0.15, 0.2) is 24.3 Å². The zero-order chi connectivity index (χ0) is 16.2. The van der Waals surface area contributed by atoms with Gasteiger partial charge in [-0.05, 0) is 38.1 Å². The molecule has 0 aliphatic carbocycles. The Balaban J connectivity index is 2.73. The number of amides is 4. The van der Waals surface area contributed by atoms with Crippen LogP contribution in [0.3, 0.4) is 0 Å². The first-order valence-corrected chi connectivity index (χ1v) is 8.21. The normalized spacial score (nSPS) is 11.1. The van der Waals surface area contributed by atoms with Crippen molar-refractivity contribution in [3.8, 4) is 0 Å². The van der Waals surface area contributed by atoms with Crippen molar-refractivity contribution in [3.63, 3.8) is 0 Å². The Morgan fingerprint density at radius 1 is 1.19 bits per heavy atom. The molecule has 7 nitrogen and oxygen atoms in total. The number of nitrogens with one attached hydrogen (secondary N) is 2. The van der Waals surface area contributed by atoms with E-state index >= 15 is 0 Å². The van der Waals surface area contributed by atoms with Crippen LogP contribution < -0.4 is 10.6 Å². The quantitative estimate of drug-likeness (QED) is 0.886. The number of carbonyl (C=O) groups is 2. The lowest BCUT2D eigenvalue weighted by Crippen LogP contribution is -2.49. The minimum Gasteiger partial charge on any atom is -0.308 e. The van der Waals surface area contributed by atoms with Gasteiger partial charge in [-0.2, -0.15) is 0 Å². The van der Waals surface area contributed by atoms with Crippen molar-refractivity contribution in [2.45, 2.75) is 19.9 Å². The van der Waals surface area contributed by atoms with E-state index in [1.807, 2.05) is 5.32 Å². The van der Waals surface area contributed by atoms with Gasteiger partial charge in [0.1, 0.15) is 0 Å². The number of anilines is 1. The largest absolute Gasteiger partial charge is 0.339 e. The smallest absolute Gasteiger partial charge is 0.308 e. The molecule has 0 radical (unpaired) electrons. The van der Waals surface area contributed by atoms with Crippen LogP contribution in [-0.2, 0) is 10.0 Å². The summed E-state index contributed by atoms with van der Waals surface area (Å²) >= 11 is 5.70. The Bertz CT molecular complexity index is 628. The number of carbonyl (C=O) groups excluding carboxylic acids is 2. The summed E-state index contributed by atoms with van der Waals surface area (Å²) in [4.78, 5) is 23.5. The standard InChI is InChI=1S/C12H16ClN3O4S/c1-8(2)16(21(3,19)20)12(18)15-11(17)14-10-6-4-9(13)5-7-10/h4-8H,1-3H3,(H2,14,15,17,18). The van der Waals surface area contributed by atoms with Gasteiger partial charge in [-0.1, -0.05) is 11.6 Å². The highest BCUT2D eigenvalue weighted by atomic mass is 35.5. The van der Waals surface area contributed by atoms with Gasteiger partial charge in [0, 0.05) is 16.8 Å². The van der Waals surface area contributed by atoms with Crippen molar-refractivity contribution < 1.29 is 18.0 Å². The summed E-state index contributed by atoms with van der Waals surface area (Å²) in [5.41, 5.74) is 0.417. The van der Waals surface area contributed by atoms with Crippen molar-refractivity contribution in [2.75, 3.05) is 11.6 Å². The van der Waals surface area contributed by atoms with Gasteiger partial charge in [-0.15, -0.1) is 0 Å². The third-order valence-corrected chi connectivity index (χ3v) is 3.90. The summed E-state index contributed by atoms with van der Waals surface area (Å²) in [7, 11) is -3.76. The van der Waals surface area contributed by atoms with Gasteiger partial charge in [-0.25, -0.2) is 22.3 Å². The monoisotopic (exact) mass is 333 g/mol. The Hall–Kier alpha value is -1.80. The fourth-order valence-electron chi connectivity index (χ4n) is 1.62. The highest BCUT2D eigenvalue weighted by Crippen LogP contribution is 2.13. The Morgan fingerprint density at radius 3 is 2.14 bits per heavy atom. The molecular formula is C12H16ClN3O4S. The molecule has 1 aromatic rings. The van der Waals surface area contributed by atoms with Crippen molar-refractivity contribution in [3.05, 3.63) is 29.3 Å². The van der Waals surface area contributed by atoms with Gasteiger partial charge in [0.05, 0.1) is 6.26 Å². The van der Waals surface area contributed by atoms with E-state index < -0.39 is 28.1 Å². The zero-order valence-electron chi connectivity index (χ0n) is 11.8. The number of urea groups is 2. The first kappa shape index (κ1) is 17.3. The molecule has 1 rings (SSSR count). The van der Waals surface area contributed by atoms with Crippen LogP contribution in [0.2, 0.25) is 5.02 Å². The molecule has 2 N–H and O–H groups in total. The van der Waals surface area contributed by atoms with Crippen LogP contribution in [0.4, 0.5) is 15.3 Å². The Morgan fingerprint density at radius 2 is 1.71 bits per heavy atom. The second kappa shape index (κ2) is 6.77. The molecule has 0 aliphatic rings. The summed E-state index contributed by atoms with van der Waals surface area (Å²) in [5, 5.41) is 4.85. The molecule has 0 bridgehead atoms. The molecule has 0 unspecified atom stereocenters. The molecule has 0 aromatic heterocycles. The van der Waals surface area contributed by atoms with Gasteiger partial charge in [0.15, 0.2) is 0 Å². The van der Waals surface area contributed by atoms with Gasteiger partial charge in [0.2, 0.25) is 10.0 Å². The molecule has 1 aromatic carbocycles. The molecule has 0 spiro atoms. The van der Waals surface area contributed by atoms with Gasteiger partial charge in [0.25, 0.3) is 0 Å². The Kier molecular flexibility index (Phi) is 5.56. The number of nitrogens with zero attached hydrogens (tertiary/aromatic N) is 1. The van der Waals surface area contributed by atoms with Gasteiger partial charge < -0.3 is 5.32 Å². The highest BCUT2D eigenvalue weighted by Gasteiger charge is 2.27. The first-order chi connectivity index (χ1) is 9.61. The van der Waals surface area contributed by atoms with Crippen molar-refractivity contribution in [1.82, 2.24) is 9.62 Å².